The molecule has 0 aliphatic rings. The van der Waals surface area contributed by atoms with Crippen LogP contribution in [0.4, 0.5) is 0 Å². The molecule has 86 valence electrons. The first kappa shape index (κ1) is 12.2. The van der Waals surface area contributed by atoms with E-state index in [1.165, 1.54) is 16.9 Å². The average molecular weight is 232 g/mol. The molecule has 0 aliphatic carbocycles. The summed E-state index contributed by atoms with van der Waals surface area (Å²) in [7, 11) is -1.90. The monoisotopic (exact) mass is 232 g/mol. The van der Waals surface area contributed by atoms with E-state index in [1.54, 1.807) is 7.05 Å². The third kappa shape index (κ3) is 3.01. The first-order valence-corrected chi connectivity index (χ1v) is 6.19. The predicted octanol–water partition coefficient (Wildman–Crippen LogP) is -0.564. The quantitative estimate of drug-likeness (QED) is 0.711. The third-order valence-electron chi connectivity index (χ3n) is 2.11. The number of hydrogen-bond acceptors (Lipinski definition) is 4. The fourth-order valence-corrected chi connectivity index (χ4v) is 2.28. The Labute approximate surface area is 89.5 Å². The number of rotatable bonds is 5. The molecule has 1 unspecified atom stereocenters. The van der Waals surface area contributed by atoms with Gasteiger partial charge in [-0.1, -0.05) is 6.92 Å². The molecule has 1 atom stereocenters. The van der Waals surface area contributed by atoms with Crippen molar-refractivity contribution in [2.45, 2.75) is 24.4 Å². The molecule has 0 radical (unpaired) electrons. The fraction of sp³-hybridized carbons (Fsp3) is 0.625. The zero-order valence-corrected chi connectivity index (χ0v) is 9.66. The summed E-state index contributed by atoms with van der Waals surface area (Å²) in [6, 6.07) is 1.28. The van der Waals surface area contributed by atoms with Gasteiger partial charge in [0, 0.05) is 19.6 Å². The number of nitrogens with two attached hydrogens (primary N) is 1. The van der Waals surface area contributed by atoms with Crippen molar-refractivity contribution in [1.82, 2.24) is 14.5 Å². The van der Waals surface area contributed by atoms with E-state index in [9.17, 15) is 8.42 Å². The Morgan fingerprint density at radius 3 is 2.80 bits per heavy atom. The minimum absolute atomic E-state index is 0.144. The molecule has 1 heterocycles. The second-order valence-electron chi connectivity index (χ2n) is 3.31. The summed E-state index contributed by atoms with van der Waals surface area (Å²) in [6.45, 7) is 2.15. The first-order valence-electron chi connectivity index (χ1n) is 4.70. The zero-order chi connectivity index (χ0) is 11.5. The lowest BCUT2D eigenvalue weighted by Gasteiger charge is -2.10. The van der Waals surface area contributed by atoms with Gasteiger partial charge in [-0.2, -0.15) is 5.10 Å². The van der Waals surface area contributed by atoms with Gasteiger partial charge in [0.25, 0.3) is 10.0 Å². The van der Waals surface area contributed by atoms with Gasteiger partial charge in [-0.15, -0.1) is 0 Å². The maximum atomic E-state index is 11.7. The third-order valence-corrected chi connectivity index (χ3v) is 3.61. The van der Waals surface area contributed by atoms with Crippen molar-refractivity contribution in [1.29, 1.82) is 0 Å². The fourth-order valence-electron chi connectivity index (χ4n) is 1.06. The van der Waals surface area contributed by atoms with E-state index in [0.29, 0.717) is 0 Å². The van der Waals surface area contributed by atoms with Crippen molar-refractivity contribution in [3.8, 4) is 0 Å². The topological polar surface area (TPSA) is 90.0 Å². The summed E-state index contributed by atoms with van der Waals surface area (Å²) >= 11 is 0. The van der Waals surface area contributed by atoms with Crippen molar-refractivity contribution in [3.63, 3.8) is 0 Å². The summed E-state index contributed by atoms with van der Waals surface area (Å²) in [6.07, 6.45) is 2.17. The molecule has 0 bridgehead atoms. The molecule has 0 fully saturated rings. The summed E-state index contributed by atoms with van der Waals surface area (Å²) in [5.41, 5.74) is 5.62. The van der Waals surface area contributed by atoms with Crippen LogP contribution in [0, 0.1) is 0 Å². The highest BCUT2D eigenvalue weighted by atomic mass is 32.2. The minimum Gasteiger partial charge on any atom is -0.327 e. The van der Waals surface area contributed by atoms with Gasteiger partial charge in [-0.05, 0) is 12.5 Å². The van der Waals surface area contributed by atoms with E-state index < -0.39 is 10.0 Å². The summed E-state index contributed by atoms with van der Waals surface area (Å²) < 4.78 is 27.2. The highest BCUT2D eigenvalue weighted by Crippen LogP contribution is 2.05. The van der Waals surface area contributed by atoms with Crippen molar-refractivity contribution < 1.29 is 8.42 Å². The summed E-state index contributed by atoms with van der Waals surface area (Å²) in [4.78, 5) is 0. The molecule has 0 saturated heterocycles. The van der Waals surface area contributed by atoms with Crippen molar-refractivity contribution >= 4 is 10.0 Å². The molecular weight excluding hydrogens is 216 g/mol. The van der Waals surface area contributed by atoms with Crippen LogP contribution in [-0.2, 0) is 17.1 Å². The number of sulfonamides is 1. The predicted molar refractivity (Wildman–Crippen MR) is 56.7 cm³/mol. The molecule has 1 aromatic heterocycles. The lowest BCUT2D eigenvalue weighted by Crippen LogP contribution is -2.37. The van der Waals surface area contributed by atoms with Crippen LogP contribution >= 0.6 is 0 Å². The molecule has 0 saturated carbocycles. The minimum atomic E-state index is -3.48. The molecule has 0 spiro atoms. The first-order chi connectivity index (χ1) is 6.97. The maximum absolute atomic E-state index is 11.7. The van der Waals surface area contributed by atoms with Crippen LogP contribution in [0.25, 0.3) is 0 Å². The van der Waals surface area contributed by atoms with Crippen LogP contribution in [0.15, 0.2) is 17.3 Å². The normalized spacial score (nSPS) is 14.1. The van der Waals surface area contributed by atoms with Crippen LogP contribution < -0.4 is 10.5 Å². The van der Waals surface area contributed by atoms with Gasteiger partial charge >= 0.3 is 0 Å². The van der Waals surface area contributed by atoms with Crippen molar-refractivity contribution in [3.05, 3.63) is 12.3 Å². The van der Waals surface area contributed by atoms with E-state index in [4.69, 9.17) is 5.73 Å². The van der Waals surface area contributed by atoms with Crippen LogP contribution in [0.2, 0.25) is 0 Å². The number of aromatic nitrogens is 2. The molecular formula is C8H16N4O2S. The lowest BCUT2D eigenvalue weighted by atomic mass is 10.2. The second kappa shape index (κ2) is 4.73. The number of aryl methyl sites for hydroxylation is 1. The molecule has 7 heteroatoms. The molecule has 15 heavy (non-hydrogen) atoms. The molecule has 0 aliphatic heterocycles. The van der Waals surface area contributed by atoms with Gasteiger partial charge < -0.3 is 5.73 Å². The Bertz CT molecular complexity index is 412. The molecule has 0 aromatic carbocycles. The Kier molecular flexibility index (Phi) is 3.83. The number of hydrogen-bond donors (Lipinski definition) is 2. The molecule has 6 nitrogen and oxygen atoms in total. The molecule has 3 N–H and O–H groups in total. The van der Waals surface area contributed by atoms with Gasteiger partial charge in [-0.3, -0.25) is 4.68 Å². The van der Waals surface area contributed by atoms with E-state index >= 15 is 0 Å². The van der Waals surface area contributed by atoms with Crippen molar-refractivity contribution in [2.75, 3.05) is 6.54 Å². The number of nitrogens with one attached hydrogen (secondary N) is 1. The zero-order valence-electron chi connectivity index (χ0n) is 8.84. The summed E-state index contributed by atoms with van der Waals surface area (Å²) in [5.74, 6) is 0. The standard InChI is InChI=1S/C8H16N4O2S/c1-3-7(9)6-11-15(13,14)8-4-5-10-12(8)2/h4-5,7,11H,3,6,9H2,1-2H3. The van der Waals surface area contributed by atoms with Gasteiger partial charge in [0.05, 0.1) is 6.20 Å². The van der Waals surface area contributed by atoms with E-state index in [-0.39, 0.29) is 17.6 Å². The molecule has 1 rings (SSSR count). The largest absolute Gasteiger partial charge is 0.327 e. The SMILES string of the molecule is CCC(N)CNS(=O)(=O)c1ccnn1C. The second-order valence-corrected chi connectivity index (χ2v) is 5.03. The van der Waals surface area contributed by atoms with Crippen LogP contribution in [0.5, 0.6) is 0 Å². The highest BCUT2D eigenvalue weighted by Gasteiger charge is 2.17. The van der Waals surface area contributed by atoms with Crippen LogP contribution in [0.3, 0.4) is 0 Å². The number of nitrogens with zero attached hydrogens (tertiary/aromatic N) is 2. The maximum Gasteiger partial charge on any atom is 0.257 e. The van der Waals surface area contributed by atoms with E-state index in [2.05, 4.69) is 9.82 Å². The highest BCUT2D eigenvalue weighted by molar-refractivity contribution is 7.89. The Morgan fingerprint density at radius 1 is 1.67 bits per heavy atom. The Morgan fingerprint density at radius 2 is 2.33 bits per heavy atom. The van der Waals surface area contributed by atoms with Gasteiger partial charge in [0.1, 0.15) is 0 Å². The van der Waals surface area contributed by atoms with E-state index in [0.717, 1.165) is 6.42 Å². The molecule has 1 aromatic rings. The Balaban J connectivity index is 2.73. The molecule has 0 amide bonds. The smallest absolute Gasteiger partial charge is 0.257 e. The van der Waals surface area contributed by atoms with E-state index in [1.807, 2.05) is 6.92 Å². The summed E-state index contributed by atoms with van der Waals surface area (Å²) in [5, 5.41) is 3.94. The van der Waals surface area contributed by atoms with Crippen LogP contribution in [-0.4, -0.2) is 30.8 Å². The van der Waals surface area contributed by atoms with Gasteiger partial charge in [-0.25, -0.2) is 13.1 Å². The van der Waals surface area contributed by atoms with Crippen LogP contribution in [0.1, 0.15) is 13.3 Å². The Hall–Kier alpha value is -0.920. The van der Waals surface area contributed by atoms with Crippen molar-refractivity contribution in [2.24, 2.45) is 12.8 Å². The van der Waals surface area contributed by atoms with Gasteiger partial charge in [0.2, 0.25) is 0 Å². The average Bonchev–Trinajstić information content (AvgIpc) is 2.61. The van der Waals surface area contributed by atoms with Gasteiger partial charge in [0.15, 0.2) is 5.03 Å². The lowest BCUT2D eigenvalue weighted by molar-refractivity contribution is 0.549.